The maximum atomic E-state index is 11.4. The molecule has 0 aliphatic heterocycles. The molecule has 0 amide bonds. The molecule has 3 N–H and O–H groups in total. The number of aliphatic hydroxyl groups excluding tert-OH is 2. The SMILES string of the molecule is O=c1oc2cc(O)ccc2c(CO)c1CO. The Balaban J connectivity index is 2.90. The smallest absolute Gasteiger partial charge is 0.342 e. The molecule has 2 rings (SSSR count). The zero-order chi connectivity index (χ0) is 11.7. The van der Waals surface area contributed by atoms with Crippen LogP contribution in [-0.4, -0.2) is 15.3 Å². The number of aromatic hydroxyl groups is 1. The number of hydrogen-bond acceptors (Lipinski definition) is 5. The van der Waals surface area contributed by atoms with Crippen molar-refractivity contribution >= 4 is 11.0 Å². The first kappa shape index (κ1) is 10.7. The van der Waals surface area contributed by atoms with Gasteiger partial charge in [0.2, 0.25) is 0 Å². The molecule has 0 atom stereocenters. The lowest BCUT2D eigenvalue weighted by molar-refractivity contribution is 0.256. The van der Waals surface area contributed by atoms with Gasteiger partial charge in [0.15, 0.2) is 0 Å². The van der Waals surface area contributed by atoms with Gasteiger partial charge in [-0.2, -0.15) is 0 Å². The number of fused-ring (bicyclic) bond motifs is 1. The van der Waals surface area contributed by atoms with Gasteiger partial charge in [-0.1, -0.05) is 0 Å². The Morgan fingerprint density at radius 2 is 1.81 bits per heavy atom. The summed E-state index contributed by atoms with van der Waals surface area (Å²) in [4.78, 5) is 11.4. The van der Waals surface area contributed by atoms with Gasteiger partial charge >= 0.3 is 5.63 Å². The van der Waals surface area contributed by atoms with Gasteiger partial charge in [-0.3, -0.25) is 0 Å². The lowest BCUT2D eigenvalue weighted by atomic mass is 10.1. The first-order chi connectivity index (χ1) is 7.67. The third-order valence-electron chi connectivity index (χ3n) is 2.42. The van der Waals surface area contributed by atoms with E-state index in [1.54, 1.807) is 0 Å². The maximum Gasteiger partial charge on any atom is 0.342 e. The van der Waals surface area contributed by atoms with Crippen molar-refractivity contribution in [2.24, 2.45) is 0 Å². The predicted octanol–water partition coefficient (Wildman–Crippen LogP) is 0.483. The van der Waals surface area contributed by atoms with E-state index in [2.05, 4.69) is 0 Å². The topological polar surface area (TPSA) is 90.9 Å². The normalized spacial score (nSPS) is 10.9. The zero-order valence-electron chi connectivity index (χ0n) is 8.30. The molecule has 5 nitrogen and oxygen atoms in total. The average Bonchev–Trinajstić information content (AvgIpc) is 2.26. The quantitative estimate of drug-likeness (QED) is 0.643. The molecule has 0 unspecified atom stereocenters. The minimum atomic E-state index is -0.704. The molecule has 2 aromatic rings. The highest BCUT2D eigenvalue weighted by Gasteiger charge is 2.13. The monoisotopic (exact) mass is 222 g/mol. The summed E-state index contributed by atoms with van der Waals surface area (Å²) in [5, 5.41) is 28.0. The van der Waals surface area contributed by atoms with E-state index >= 15 is 0 Å². The summed E-state index contributed by atoms with van der Waals surface area (Å²) in [6, 6.07) is 4.23. The number of hydrogen-bond donors (Lipinski definition) is 3. The Bertz CT molecular complexity index is 585. The summed E-state index contributed by atoms with van der Waals surface area (Å²) >= 11 is 0. The van der Waals surface area contributed by atoms with E-state index in [0.29, 0.717) is 10.9 Å². The van der Waals surface area contributed by atoms with Crippen molar-refractivity contribution < 1.29 is 19.7 Å². The summed E-state index contributed by atoms with van der Waals surface area (Å²) < 4.78 is 4.92. The number of phenolic OH excluding ortho intramolecular Hbond substituents is 1. The molecule has 0 radical (unpaired) electrons. The number of benzene rings is 1. The first-order valence-corrected chi connectivity index (χ1v) is 4.66. The molecule has 0 bridgehead atoms. The van der Waals surface area contributed by atoms with Crippen LogP contribution in [0.15, 0.2) is 27.4 Å². The van der Waals surface area contributed by atoms with Crippen LogP contribution < -0.4 is 5.63 Å². The van der Waals surface area contributed by atoms with Crippen LogP contribution in [0.25, 0.3) is 11.0 Å². The molecule has 0 saturated heterocycles. The van der Waals surface area contributed by atoms with Crippen molar-refractivity contribution in [3.63, 3.8) is 0 Å². The van der Waals surface area contributed by atoms with Crippen LogP contribution in [0.2, 0.25) is 0 Å². The van der Waals surface area contributed by atoms with E-state index < -0.39 is 12.2 Å². The van der Waals surface area contributed by atoms with Crippen molar-refractivity contribution in [3.8, 4) is 5.75 Å². The summed E-state index contributed by atoms with van der Waals surface area (Å²) in [6.07, 6.45) is 0. The molecule has 0 spiro atoms. The second-order valence-corrected chi connectivity index (χ2v) is 3.34. The van der Waals surface area contributed by atoms with Gasteiger partial charge in [0.25, 0.3) is 0 Å². The van der Waals surface area contributed by atoms with Crippen molar-refractivity contribution in [3.05, 3.63) is 39.7 Å². The van der Waals surface area contributed by atoms with Crippen LogP contribution >= 0.6 is 0 Å². The molecule has 0 aliphatic rings. The fourth-order valence-electron chi connectivity index (χ4n) is 1.63. The van der Waals surface area contributed by atoms with E-state index in [4.69, 9.17) is 9.52 Å². The molecule has 5 heteroatoms. The van der Waals surface area contributed by atoms with Gasteiger partial charge in [0.1, 0.15) is 11.3 Å². The minimum absolute atomic E-state index is 0.0312. The Morgan fingerprint density at radius 3 is 2.44 bits per heavy atom. The van der Waals surface area contributed by atoms with Crippen molar-refractivity contribution in [2.45, 2.75) is 13.2 Å². The molecule has 1 aromatic heterocycles. The van der Waals surface area contributed by atoms with E-state index in [1.807, 2.05) is 0 Å². The molecule has 0 aliphatic carbocycles. The fourth-order valence-corrected chi connectivity index (χ4v) is 1.63. The van der Waals surface area contributed by atoms with Crippen LogP contribution in [-0.2, 0) is 13.2 Å². The number of phenols is 1. The van der Waals surface area contributed by atoms with Crippen LogP contribution in [0.1, 0.15) is 11.1 Å². The average molecular weight is 222 g/mol. The Labute approximate surface area is 90.2 Å². The van der Waals surface area contributed by atoms with Crippen molar-refractivity contribution in [2.75, 3.05) is 0 Å². The predicted molar refractivity (Wildman–Crippen MR) is 56.0 cm³/mol. The second-order valence-electron chi connectivity index (χ2n) is 3.34. The summed E-state index contributed by atoms with van der Waals surface area (Å²) in [5.41, 5.74) is -0.148. The maximum absolute atomic E-state index is 11.4. The van der Waals surface area contributed by atoms with E-state index in [0.717, 1.165) is 0 Å². The molecule has 1 aromatic carbocycles. The fraction of sp³-hybridized carbons (Fsp3) is 0.182. The molecular formula is C11H10O5. The van der Waals surface area contributed by atoms with E-state index in [1.165, 1.54) is 18.2 Å². The summed E-state index contributed by atoms with van der Waals surface area (Å²) in [7, 11) is 0. The lowest BCUT2D eigenvalue weighted by Crippen LogP contribution is -2.11. The molecule has 1 heterocycles. The molecule has 84 valence electrons. The van der Waals surface area contributed by atoms with Gasteiger partial charge in [0.05, 0.1) is 18.8 Å². The van der Waals surface area contributed by atoms with Gasteiger partial charge < -0.3 is 19.7 Å². The highest BCUT2D eigenvalue weighted by molar-refractivity contribution is 5.82. The Morgan fingerprint density at radius 1 is 1.12 bits per heavy atom. The van der Waals surface area contributed by atoms with Crippen LogP contribution in [0, 0.1) is 0 Å². The van der Waals surface area contributed by atoms with Crippen LogP contribution in [0.4, 0.5) is 0 Å². The third kappa shape index (κ3) is 1.56. The molecular weight excluding hydrogens is 212 g/mol. The molecule has 0 saturated carbocycles. The summed E-state index contributed by atoms with van der Waals surface area (Å²) in [5.74, 6) is -0.0312. The summed E-state index contributed by atoms with van der Waals surface area (Å²) in [6.45, 7) is -0.863. The van der Waals surface area contributed by atoms with Gasteiger partial charge in [0, 0.05) is 17.0 Å². The number of rotatable bonds is 2. The van der Waals surface area contributed by atoms with E-state index in [9.17, 15) is 15.0 Å². The van der Waals surface area contributed by atoms with Crippen LogP contribution in [0.3, 0.4) is 0 Å². The van der Waals surface area contributed by atoms with Gasteiger partial charge in [-0.25, -0.2) is 4.79 Å². The van der Waals surface area contributed by atoms with Crippen molar-refractivity contribution in [1.82, 2.24) is 0 Å². The van der Waals surface area contributed by atoms with Gasteiger partial charge in [-0.15, -0.1) is 0 Å². The molecule has 16 heavy (non-hydrogen) atoms. The highest BCUT2D eigenvalue weighted by atomic mass is 16.4. The molecule has 0 fully saturated rings. The van der Waals surface area contributed by atoms with Gasteiger partial charge in [-0.05, 0) is 12.1 Å². The highest BCUT2D eigenvalue weighted by Crippen LogP contribution is 2.23. The first-order valence-electron chi connectivity index (χ1n) is 4.66. The van der Waals surface area contributed by atoms with Crippen LogP contribution in [0.5, 0.6) is 5.75 Å². The number of aliphatic hydroxyl groups is 2. The third-order valence-corrected chi connectivity index (χ3v) is 2.42. The lowest BCUT2D eigenvalue weighted by Gasteiger charge is -2.07. The minimum Gasteiger partial charge on any atom is -0.508 e. The largest absolute Gasteiger partial charge is 0.508 e. The zero-order valence-corrected chi connectivity index (χ0v) is 8.30. The Hall–Kier alpha value is -1.85. The Kier molecular flexibility index (Phi) is 2.64. The van der Waals surface area contributed by atoms with Crippen molar-refractivity contribution in [1.29, 1.82) is 0 Å². The second kappa shape index (κ2) is 3.96. The van der Waals surface area contributed by atoms with E-state index in [-0.39, 0.29) is 23.5 Å². The standard InChI is InChI=1S/C11H10O5/c12-4-8-7-2-1-6(14)3-10(7)16-11(15)9(8)5-13/h1-3,12-14H,4-5H2.